The number of nitrogens with zero attached hydrogens (tertiary/aromatic N) is 1. The zero-order valence-corrected chi connectivity index (χ0v) is 15.8. The van der Waals surface area contributed by atoms with Crippen molar-refractivity contribution in [1.29, 1.82) is 0 Å². The normalized spacial score (nSPS) is 12.3. The molecule has 0 fully saturated rings. The summed E-state index contributed by atoms with van der Waals surface area (Å²) >= 11 is 12.2. The maximum Gasteiger partial charge on any atom is 0.343 e. The molecule has 0 aromatic heterocycles. The van der Waals surface area contributed by atoms with Crippen LogP contribution in [0.25, 0.3) is 0 Å². The van der Waals surface area contributed by atoms with Crippen molar-refractivity contribution < 1.29 is 24.2 Å². The van der Waals surface area contributed by atoms with E-state index in [1.807, 2.05) is 0 Å². The Morgan fingerprint density at radius 3 is 2.48 bits per heavy atom. The molecular weight excluding hydrogens is 369 g/mol. The lowest BCUT2D eigenvalue weighted by molar-refractivity contribution is -0.138. The fourth-order valence-electron chi connectivity index (χ4n) is 1.73. The predicted molar refractivity (Wildman–Crippen MR) is 97.1 cm³/mol. The minimum Gasteiger partial charge on any atom is -0.512 e. The number of ether oxygens (including phenoxy) is 2. The van der Waals surface area contributed by atoms with E-state index in [0.29, 0.717) is 0 Å². The Morgan fingerprint density at radius 1 is 1.32 bits per heavy atom. The summed E-state index contributed by atoms with van der Waals surface area (Å²) < 4.78 is 9.94. The Morgan fingerprint density at radius 2 is 1.96 bits per heavy atom. The van der Waals surface area contributed by atoms with Gasteiger partial charge >= 0.3 is 11.9 Å². The number of aliphatic imine (C=N–C) groups is 1. The van der Waals surface area contributed by atoms with Crippen LogP contribution in [-0.2, 0) is 14.3 Å². The van der Waals surface area contributed by atoms with Crippen LogP contribution in [-0.4, -0.2) is 36.0 Å². The molecule has 0 radical (unpaired) electrons. The van der Waals surface area contributed by atoms with Gasteiger partial charge in [-0.1, -0.05) is 23.2 Å². The molecule has 0 heterocycles. The third-order valence-corrected chi connectivity index (χ3v) is 3.41. The minimum absolute atomic E-state index is 0.0186. The van der Waals surface area contributed by atoms with E-state index >= 15 is 0 Å². The van der Waals surface area contributed by atoms with E-state index in [4.69, 9.17) is 32.7 Å². The number of rotatable bonds is 6. The number of hydrogen-bond donors (Lipinski definition) is 1. The topological polar surface area (TPSA) is 85.2 Å². The van der Waals surface area contributed by atoms with E-state index in [0.717, 1.165) is 6.21 Å². The molecule has 0 bridgehead atoms. The van der Waals surface area contributed by atoms with E-state index in [9.17, 15) is 14.7 Å². The van der Waals surface area contributed by atoms with E-state index in [-0.39, 0.29) is 45.3 Å². The van der Waals surface area contributed by atoms with Gasteiger partial charge in [0.2, 0.25) is 0 Å². The van der Waals surface area contributed by atoms with Crippen LogP contribution in [0.5, 0.6) is 0 Å². The number of halogens is 2. The van der Waals surface area contributed by atoms with Crippen LogP contribution in [0.15, 0.2) is 28.5 Å². The highest BCUT2D eigenvalue weighted by Gasteiger charge is 2.18. The summed E-state index contributed by atoms with van der Waals surface area (Å²) in [5.41, 5.74) is 0.0644. The molecule has 0 unspecified atom stereocenters. The first-order valence-electron chi connectivity index (χ1n) is 7.48. The minimum atomic E-state index is -0.733. The second kappa shape index (κ2) is 9.44. The van der Waals surface area contributed by atoms with Crippen LogP contribution < -0.4 is 0 Å². The van der Waals surface area contributed by atoms with Gasteiger partial charge < -0.3 is 14.6 Å². The van der Waals surface area contributed by atoms with Gasteiger partial charge in [-0.3, -0.25) is 4.99 Å². The molecule has 0 spiro atoms. The van der Waals surface area contributed by atoms with E-state index < -0.39 is 11.9 Å². The van der Waals surface area contributed by atoms with Crippen LogP contribution in [0.4, 0.5) is 5.69 Å². The second-order valence-electron chi connectivity index (χ2n) is 5.22. The quantitative estimate of drug-likeness (QED) is 0.332. The Kier molecular flexibility index (Phi) is 7.93. The zero-order chi connectivity index (χ0) is 19.1. The van der Waals surface area contributed by atoms with Gasteiger partial charge in [-0.05, 0) is 39.8 Å². The van der Waals surface area contributed by atoms with Crippen molar-refractivity contribution in [2.24, 2.45) is 4.99 Å². The van der Waals surface area contributed by atoms with Gasteiger partial charge in [0, 0.05) is 11.2 Å². The molecule has 1 aromatic rings. The molecule has 0 amide bonds. The first-order valence-corrected chi connectivity index (χ1v) is 8.24. The molecule has 6 nitrogen and oxygen atoms in total. The first kappa shape index (κ1) is 21.0. The van der Waals surface area contributed by atoms with Gasteiger partial charge in [0.1, 0.15) is 11.3 Å². The Bertz CT molecular complexity index is 722. The molecule has 0 aliphatic heterocycles. The molecule has 1 aromatic carbocycles. The summed E-state index contributed by atoms with van der Waals surface area (Å²) in [6, 6.07) is 2.79. The average Bonchev–Trinajstić information content (AvgIpc) is 2.49. The average molecular weight is 388 g/mol. The van der Waals surface area contributed by atoms with Crippen LogP contribution in [0.3, 0.4) is 0 Å². The largest absolute Gasteiger partial charge is 0.512 e. The smallest absolute Gasteiger partial charge is 0.343 e. The zero-order valence-electron chi connectivity index (χ0n) is 14.3. The number of allylic oxidation sites excluding steroid dienone is 1. The monoisotopic (exact) mass is 387 g/mol. The van der Waals surface area contributed by atoms with Crippen molar-refractivity contribution in [3.05, 3.63) is 39.1 Å². The number of carbonyl (C=O) groups is 2. The van der Waals surface area contributed by atoms with E-state index in [1.165, 1.54) is 19.1 Å². The summed E-state index contributed by atoms with van der Waals surface area (Å²) in [6.07, 6.45) is 0.771. The van der Waals surface area contributed by atoms with Crippen LogP contribution in [0.1, 0.15) is 38.1 Å². The maximum atomic E-state index is 12.1. The molecule has 1 rings (SSSR count). The molecular formula is C17H19Cl2NO5. The Balaban J connectivity index is 3.26. The molecule has 0 saturated carbocycles. The van der Waals surface area contributed by atoms with Crippen LogP contribution in [0, 0.1) is 0 Å². The molecule has 0 aliphatic carbocycles. The van der Waals surface area contributed by atoms with Crippen molar-refractivity contribution in [1.82, 2.24) is 0 Å². The lowest BCUT2D eigenvalue weighted by Crippen LogP contribution is -2.12. The third-order valence-electron chi connectivity index (χ3n) is 2.80. The predicted octanol–water partition coefficient (Wildman–Crippen LogP) is 4.66. The Hall–Kier alpha value is -2.05. The molecule has 1 N–H and O–H groups in total. The summed E-state index contributed by atoms with van der Waals surface area (Å²) in [6.45, 7) is 6.52. The number of hydrogen-bond acceptors (Lipinski definition) is 6. The van der Waals surface area contributed by atoms with Gasteiger partial charge in [-0.25, -0.2) is 9.59 Å². The summed E-state index contributed by atoms with van der Waals surface area (Å²) in [4.78, 5) is 27.9. The van der Waals surface area contributed by atoms with E-state index in [1.54, 1.807) is 20.8 Å². The van der Waals surface area contributed by atoms with Crippen LogP contribution >= 0.6 is 23.2 Å². The van der Waals surface area contributed by atoms with Crippen molar-refractivity contribution >= 4 is 47.0 Å². The highest BCUT2D eigenvalue weighted by Crippen LogP contribution is 2.33. The summed E-state index contributed by atoms with van der Waals surface area (Å²) in [5, 5.41) is 9.84. The van der Waals surface area contributed by atoms with Gasteiger partial charge in [-0.2, -0.15) is 0 Å². The summed E-state index contributed by atoms with van der Waals surface area (Å²) in [7, 11) is 0. The Labute approximate surface area is 156 Å². The van der Waals surface area contributed by atoms with Gasteiger partial charge in [0.05, 0.1) is 29.0 Å². The van der Waals surface area contributed by atoms with Gasteiger partial charge in [-0.15, -0.1) is 0 Å². The second-order valence-corrected chi connectivity index (χ2v) is 6.03. The highest BCUT2D eigenvalue weighted by atomic mass is 35.5. The lowest BCUT2D eigenvalue weighted by atomic mass is 10.2. The molecule has 0 saturated heterocycles. The lowest BCUT2D eigenvalue weighted by Gasteiger charge is -2.11. The SMILES string of the molecule is CCOC(=O)C(C=Nc1cc(Cl)cc(C(=O)OC(C)C)c1Cl)=C(C)O. The van der Waals surface area contributed by atoms with Crippen molar-refractivity contribution in [2.75, 3.05) is 6.61 Å². The summed E-state index contributed by atoms with van der Waals surface area (Å²) in [5.74, 6) is -1.64. The fourth-order valence-corrected chi connectivity index (χ4v) is 2.18. The van der Waals surface area contributed by atoms with Crippen molar-refractivity contribution in [2.45, 2.75) is 33.8 Å². The van der Waals surface area contributed by atoms with Crippen molar-refractivity contribution in [3.63, 3.8) is 0 Å². The molecule has 0 atom stereocenters. The number of carbonyl (C=O) groups excluding carboxylic acids is 2. The standard InChI is InChI=1S/C17H19Cl2NO5/c1-5-24-16(22)13(10(4)21)8-20-14-7-11(18)6-12(15(14)19)17(23)25-9(2)3/h6-9,21H,5H2,1-4H3. The first-order chi connectivity index (χ1) is 11.7. The maximum absolute atomic E-state index is 12.1. The van der Waals surface area contributed by atoms with Gasteiger partial charge in [0.15, 0.2) is 0 Å². The molecule has 25 heavy (non-hydrogen) atoms. The highest BCUT2D eigenvalue weighted by molar-refractivity contribution is 6.38. The fraction of sp³-hybridized carbons (Fsp3) is 0.353. The molecule has 0 aliphatic rings. The van der Waals surface area contributed by atoms with Gasteiger partial charge in [0.25, 0.3) is 0 Å². The van der Waals surface area contributed by atoms with Crippen LogP contribution in [0.2, 0.25) is 10.0 Å². The molecule has 136 valence electrons. The third kappa shape index (κ3) is 6.07. The number of aliphatic hydroxyl groups is 1. The van der Waals surface area contributed by atoms with Crippen molar-refractivity contribution in [3.8, 4) is 0 Å². The number of aliphatic hydroxyl groups excluding tert-OH is 1. The van der Waals surface area contributed by atoms with E-state index in [2.05, 4.69) is 4.99 Å². The number of benzene rings is 1. The molecule has 8 heteroatoms. The number of esters is 2.